The molecule has 0 radical (unpaired) electrons. The van der Waals surface area contributed by atoms with Crippen LogP contribution in [0.2, 0.25) is 5.02 Å². The van der Waals surface area contributed by atoms with E-state index in [9.17, 15) is 4.79 Å². The van der Waals surface area contributed by atoms with Gasteiger partial charge in [-0.05, 0) is 17.7 Å². The molecule has 1 rings (SSSR count). The Balaban J connectivity index is 3.19. The van der Waals surface area contributed by atoms with Crippen LogP contribution >= 0.6 is 11.6 Å². The van der Waals surface area contributed by atoms with Gasteiger partial charge in [-0.25, -0.2) is 0 Å². The summed E-state index contributed by atoms with van der Waals surface area (Å²) in [7, 11) is 0. The number of aromatic amines is 1. The number of halogens is 1. The monoisotopic (exact) mass is 205 g/mol. The molecule has 1 N–H and O–H groups in total. The van der Waals surface area contributed by atoms with Gasteiger partial charge in [0.25, 0.3) is 5.56 Å². The summed E-state index contributed by atoms with van der Waals surface area (Å²) in [5.74, 6) is 0. The minimum Gasteiger partial charge on any atom is -0.327 e. The molecule has 0 saturated carbocycles. The van der Waals surface area contributed by atoms with Crippen molar-refractivity contribution in [2.24, 2.45) is 0 Å². The molecule has 0 aliphatic carbocycles. The van der Waals surface area contributed by atoms with E-state index in [1.54, 1.807) is 12.1 Å². The average molecular weight is 206 g/mol. The van der Waals surface area contributed by atoms with E-state index in [-0.39, 0.29) is 10.6 Å². The number of hydrogen-bond donors (Lipinski definition) is 1. The quantitative estimate of drug-likeness (QED) is 0.705. The molecule has 0 aliphatic heterocycles. The highest BCUT2D eigenvalue weighted by molar-refractivity contribution is 6.30. The number of rotatable bonds is 1. The van der Waals surface area contributed by atoms with Crippen molar-refractivity contribution < 1.29 is 0 Å². The molecule has 0 spiro atoms. The van der Waals surface area contributed by atoms with E-state index in [4.69, 9.17) is 22.1 Å². The van der Waals surface area contributed by atoms with Crippen molar-refractivity contribution in [1.29, 1.82) is 10.5 Å². The Morgan fingerprint density at radius 2 is 2.14 bits per heavy atom. The van der Waals surface area contributed by atoms with Crippen molar-refractivity contribution in [2.75, 3.05) is 0 Å². The van der Waals surface area contributed by atoms with E-state index in [1.807, 2.05) is 0 Å². The summed E-state index contributed by atoms with van der Waals surface area (Å²) >= 11 is 5.54. The Hall–Kier alpha value is -2.04. The average Bonchev–Trinajstić information content (AvgIpc) is 2.19. The summed E-state index contributed by atoms with van der Waals surface area (Å²) in [4.78, 5) is 13.2. The minimum absolute atomic E-state index is 0.0222. The van der Waals surface area contributed by atoms with Crippen molar-refractivity contribution in [3.05, 3.63) is 38.8 Å². The topological polar surface area (TPSA) is 80.4 Å². The zero-order chi connectivity index (χ0) is 10.6. The summed E-state index contributed by atoms with van der Waals surface area (Å²) in [6.07, 6.45) is 2.71. The third-order valence-corrected chi connectivity index (χ3v) is 1.71. The van der Waals surface area contributed by atoms with Gasteiger partial charge in [-0.1, -0.05) is 11.6 Å². The molecule has 1 aromatic rings. The molecule has 0 unspecified atom stereocenters. The van der Waals surface area contributed by atoms with E-state index < -0.39 is 5.56 Å². The molecule has 68 valence electrons. The molecule has 0 atom stereocenters. The number of nitrogens with zero attached hydrogens (tertiary/aromatic N) is 2. The maximum absolute atomic E-state index is 10.9. The van der Waals surface area contributed by atoms with Crippen molar-refractivity contribution in [3.63, 3.8) is 0 Å². The van der Waals surface area contributed by atoms with Gasteiger partial charge in [0.2, 0.25) is 0 Å². The normalized spacial score (nSPS) is 8.50. The number of H-pyrrole nitrogens is 1. The van der Waals surface area contributed by atoms with Crippen LogP contribution in [0.25, 0.3) is 6.08 Å². The third kappa shape index (κ3) is 2.22. The number of nitriles is 2. The Bertz CT molecular complexity index is 500. The highest BCUT2D eigenvalue weighted by Gasteiger charge is 1.98. The van der Waals surface area contributed by atoms with Crippen molar-refractivity contribution >= 4 is 17.7 Å². The van der Waals surface area contributed by atoms with Gasteiger partial charge in [0, 0.05) is 6.20 Å². The van der Waals surface area contributed by atoms with Gasteiger partial charge in [0.1, 0.15) is 22.7 Å². The smallest absolute Gasteiger partial charge is 0.266 e. The molecule has 14 heavy (non-hydrogen) atoms. The van der Waals surface area contributed by atoms with E-state index in [2.05, 4.69) is 4.98 Å². The summed E-state index contributed by atoms with van der Waals surface area (Å²) in [6.45, 7) is 0. The van der Waals surface area contributed by atoms with Gasteiger partial charge >= 0.3 is 0 Å². The molecular weight excluding hydrogens is 202 g/mol. The zero-order valence-electron chi connectivity index (χ0n) is 6.91. The lowest BCUT2D eigenvalue weighted by Crippen LogP contribution is -2.04. The number of pyridine rings is 1. The second-order valence-electron chi connectivity index (χ2n) is 2.39. The van der Waals surface area contributed by atoms with E-state index in [1.165, 1.54) is 18.3 Å². The van der Waals surface area contributed by atoms with E-state index in [0.29, 0.717) is 5.56 Å². The van der Waals surface area contributed by atoms with Gasteiger partial charge in [-0.2, -0.15) is 10.5 Å². The largest absolute Gasteiger partial charge is 0.327 e. The Kier molecular flexibility index (Phi) is 3.06. The van der Waals surface area contributed by atoms with Crippen molar-refractivity contribution in [2.45, 2.75) is 0 Å². The molecule has 0 fully saturated rings. The van der Waals surface area contributed by atoms with Crippen LogP contribution in [0.1, 0.15) is 5.56 Å². The molecule has 0 aromatic carbocycles. The van der Waals surface area contributed by atoms with Crippen LogP contribution in [0.3, 0.4) is 0 Å². The molecule has 0 aliphatic rings. The van der Waals surface area contributed by atoms with E-state index >= 15 is 0 Å². The summed E-state index contributed by atoms with van der Waals surface area (Å²) in [6, 6.07) is 4.78. The van der Waals surface area contributed by atoms with Crippen LogP contribution in [-0.2, 0) is 0 Å². The fourth-order valence-electron chi connectivity index (χ4n) is 0.811. The first-order valence-corrected chi connectivity index (χ1v) is 3.95. The Morgan fingerprint density at radius 1 is 1.50 bits per heavy atom. The summed E-state index contributed by atoms with van der Waals surface area (Å²) in [5, 5.41) is 17.0. The van der Waals surface area contributed by atoms with Crippen LogP contribution in [0.5, 0.6) is 0 Å². The van der Waals surface area contributed by atoms with Crippen LogP contribution in [0, 0.1) is 22.7 Å². The predicted molar refractivity (Wildman–Crippen MR) is 51.3 cm³/mol. The first-order chi connectivity index (χ1) is 6.67. The number of nitrogens with one attached hydrogen (secondary N) is 1. The highest BCUT2D eigenvalue weighted by atomic mass is 35.5. The van der Waals surface area contributed by atoms with Gasteiger partial charge < -0.3 is 4.98 Å². The second-order valence-corrected chi connectivity index (χ2v) is 2.80. The SMILES string of the molecule is N#CC(C#N)=Cc1c[nH]c(=O)c(Cl)c1. The number of allylic oxidation sites excluding steroid dienone is 1. The molecule has 1 heterocycles. The van der Waals surface area contributed by atoms with Crippen molar-refractivity contribution in [1.82, 2.24) is 4.98 Å². The maximum Gasteiger partial charge on any atom is 0.266 e. The molecule has 0 bridgehead atoms. The van der Waals surface area contributed by atoms with Crippen LogP contribution in [-0.4, -0.2) is 4.98 Å². The van der Waals surface area contributed by atoms with Gasteiger partial charge in [0.05, 0.1) is 0 Å². The second kappa shape index (κ2) is 4.27. The molecule has 0 amide bonds. The lowest BCUT2D eigenvalue weighted by Gasteiger charge is -1.92. The first kappa shape index (κ1) is 10.0. The summed E-state index contributed by atoms with van der Waals surface area (Å²) < 4.78 is 0. The van der Waals surface area contributed by atoms with Gasteiger partial charge in [-0.15, -0.1) is 0 Å². The molecule has 1 aromatic heterocycles. The Morgan fingerprint density at radius 3 is 2.64 bits per heavy atom. The maximum atomic E-state index is 10.9. The van der Waals surface area contributed by atoms with Gasteiger partial charge in [0.15, 0.2) is 0 Å². The summed E-state index contributed by atoms with van der Waals surface area (Å²) in [5.41, 5.74) is 0.0556. The number of hydrogen-bond acceptors (Lipinski definition) is 3. The fraction of sp³-hybridized carbons (Fsp3) is 0. The molecule has 4 nitrogen and oxygen atoms in total. The first-order valence-electron chi connectivity index (χ1n) is 3.57. The highest BCUT2D eigenvalue weighted by Crippen LogP contribution is 2.07. The van der Waals surface area contributed by atoms with Crippen LogP contribution in [0.4, 0.5) is 0 Å². The zero-order valence-corrected chi connectivity index (χ0v) is 7.67. The Labute approximate surface area is 84.7 Å². The van der Waals surface area contributed by atoms with Crippen LogP contribution < -0.4 is 5.56 Å². The number of aromatic nitrogens is 1. The standard InChI is InChI=1S/C9H4ClN3O/c10-8-2-6(5-13-9(8)14)1-7(3-11)4-12/h1-2,5H,(H,13,14). The van der Waals surface area contributed by atoms with Gasteiger partial charge in [-0.3, -0.25) is 4.79 Å². The lowest BCUT2D eigenvalue weighted by molar-refractivity contribution is 1.23. The minimum atomic E-state index is -0.403. The van der Waals surface area contributed by atoms with Crippen molar-refractivity contribution in [3.8, 4) is 12.1 Å². The predicted octanol–water partition coefficient (Wildman–Crippen LogP) is 1.46. The molecule has 5 heteroatoms. The lowest BCUT2D eigenvalue weighted by atomic mass is 10.2. The fourth-order valence-corrected chi connectivity index (χ4v) is 0.991. The third-order valence-electron chi connectivity index (χ3n) is 1.43. The van der Waals surface area contributed by atoms with Crippen LogP contribution in [0.15, 0.2) is 22.6 Å². The van der Waals surface area contributed by atoms with E-state index in [0.717, 1.165) is 0 Å². The molecule has 0 saturated heterocycles. The molecular formula is C9H4ClN3O.